The zero-order chi connectivity index (χ0) is 12.3. The second-order valence-corrected chi connectivity index (χ2v) is 3.98. The largest absolute Gasteiger partial charge is 0.207 e. The maximum atomic E-state index is 12.8. The minimum absolute atomic E-state index is 0.0998. The number of halogens is 1. The normalized spacial score (nSPS) is 11.8. The first-order chi connectivity index (χ1) is 8.20. The molecule has 2 aromatic carbocycles. The third-order valence-corrected chi connectivity index (χ3v) is 2.78. The summed E-state index contributed by atoms with van der Waals surface area (Å²) in [7, 11) is 0. The molecule has 1 atom stereocenters. The summed E-state index contributed by atoms with van der Waals surface area (Å²) < 4.78 is 12.8. The van der Waals surface area contributed by atoms with Crippen LogP contribution in [0.3, 0.4) is 0 Å². The average molecular weight is 225 g/mol. The molecule has 0 amide bonds. The first-order valence-electron chi connectivity index (χ1n) is 5.46. The van der Waals surface area contributed by atoms with Gasteiger partial charge in [-0.05, 0) is 35.7 Å². The van der Waals surface area contributed by atoms with Crippen molar-refractivity contribution < 1.29 is 4.39 Å². The molecule has 17 heavy (non-hydrogen) atoms. The molecule has 2 rings (SSSR count). The van der Waals surface area contributed by atoms with Crippen molar-refractivity contribution in [3.8, 4) is 17.2 Å². The lowest BCUT2D eigenvalue weighted by molar-refractivity contribution is 0.628. The van der Waals surface area contributed by atoms with E-state index in [-0.39, 0.29) is 11.7 Å². The summed E-state index contributed by atoms with van der Waals surface area (Å²) >= 11 is 0. The van der Waals surface area contributed by atoms with E-state index in [1.807, 2.05) is 31.2 Å². The van der Waals surface area contributed by atoms with E-state index in [4.69, 9.17) is 5.26 Å². The van der Waals surface area contributed by atoms with Crippen LogP contribution in [-0.2, 0) is 0 Å². The predicted octanol–water partition coefficient (Wildman–Crippen LogP) is 4.12. The van der Waals surface area contributed by atoms with Crippen molar-refractivity contribution in [2.45, 2.75) is 12.8 Å². The van der Waals surface area contributed by atoms with Crippen molar-refractivity contribution in [2.75, 3.05) is 0 Å². The zero-order valence-electron chi connectivity index (χ0n) is 9.52. The van der Waals surface area contributed by atoms with Crippen LogP contribution < -0.4 is 0 Å². The summed E-state index contributed by atoms with van der Waals surface area (Å²) in [6.07, 6.45) is 0. The lowest BCUT2D eigenvalue weighted by Crippen LogP contribution is -1.88. The zero-order valence-corrected chi connectivity index (χ0v) is 9.52. The second kappa shape index (κ2) is 4.80. The van der Waals surface area contributed by atoms with Crippen LogP contribution >= 0.6 is 0 Å². The number of hydrogen-bond acceptors (Lipinski definition) is 1. The van der Waals surface area contributed by atoms with E-state index in [0.717, 1.165) is 16.7 Å². The van der Waals surface area contributed by atoms with Gasteiger partial charge in [0, 0.05) is 0 Å². The molecule has 1 unspecified atom stereocenters. The number of benzene rings is 2. The van der Waals surface area contributed by atoms with Crippen molar-refractivity contribution in [2.24, 2.45) is 0 Å². The van der Waals surface area contributed by atoms with E-state index in [9.17, 15) is 4.39 Å². The summed E-state index contributed by atoms with van der Waals surface area (Å²) in [5.74, 6) is -0.333. The van der Waals surface area contributed by atoms with Crippen LogP contribution in [0.15, 0.2) is 48.5 Å². The molecule has 0 spiro atoms. The first-order valence-corrected chi connectivity index (χ1v) is 5.46. The Balaban J connectivity index is 2.30. The molecule has 0 fully saturated rings. The van der Waals surface area contributed by atoms with Crippen molar-refractivity contribution in [1.29, 1.82) is 5.26 Å². The Hall–Kier alpha value is -2.14. The highest BCUT2D eigenvalue weighted by atomic mass is 19.1. The van der Waals surface area contributed by atoms with Gasteiger partial charge in [-0.25, -0.2) is 4.39 Å². The smallest absolute Gasteiger partial charge is 0.123 e. The fraction of sp³-hybridized carbons (Fsp3) is 0.133. The molecule has 0 heterocycles. The van der Waals surface area contributed by atoms with Crippen LogP contribution in [0.2, 0.25) is 0 Å². The fourth-order valence-electron chi connectivity index (χ4n) is 1.68. The molecule has 0 N–H and O–H groups in total. The highest BCUT2D eigenvalue weighted by Crippen LogP contribution is 2.22. The van der Waals surface area contributed by atoms with Crippen molar-refractivity contribution in [3.63, 3.8) is 0 Å². The number of nitrogens with zero attached hydrogens (tertiary/aromatic N) is 1. The van der Waals surface area contributed by atoms with Crippen LogP contribution in [0.4, 0.5) is 4.39 Å². The minimum atomic E-state index is -0.233. The molecular weight excluding hydrogens is 213 g/mol. The Morgan fingerprint density at radius 1 is 0.941 bits per heavy atom. The predicted molar refractivity (Wildman–Crippen MR) is 65.9 cm³/mol. The average Bonchev–Trinajstić information content (AvgIpc) is 2.39. The molecule has 0 aliphatic rings. The Kier molecular flexibility index (Phi) is 3.20. The van der Waals surface area contributed by atoms with E-state index >= 15 is 0 Å². The molecule has 0 saturated carbocycles. The van der Waals surface area contributed by atoms with Crippen LogP contribution in [0.5, 0.6) is 0 Å². The molecule has 0 bridgehead atoms. The van der Waals surface area contributed by atoms with E-state index in [2.05, 4.69) is 6.07 Å². The van der Waals surface area contributed by atoms with Gasteiger partial charge in [-0.3, -0.25) is 0 Å². The summed E-state index contributed by atoms with van der Waals surface area (Å²) in [6.45, 7) is 1.87. The van der Waals surface area contributed by atoms with Gasteiger partial charge in [-0.1, -0.05) is 36.4 Å². The summed E-state index contributed by atoms with van der Waals surface area (Å²) in [5.41, 5.74) is 3.00. The fourth-order valence-corrected chi connectivity index (χ4v) is 1.68. The lowest BCUT2D eigenvalue weighted by Gasteiger charge is -2.05. The van der Waals surface area contributed by atoms with E-state index in [1.165, 1.54) is 12.1 Å². The molecule has 0 saturated heterocycles. The van der Waals surface area contributed by atoms with Crippen molar-refractivity contribution in [1.82, 2.24) is 0 Å². The molecule has 1 nitrogen and oxygen atoms in total. The lowest BCUT2D eigenvalue weighted by atomic mass is 9.98. The third-order valence-electron chi connectivity index (χ3n) is 2.78. The molecular formula is C15H12FN. The highest BCUT2D eigenvalue weighted by molar-refractivity contribution is 5.63. The van der Waals surface area contributed by atoms with Gasteiger partial charge in [0.1, 0.15) is 5.82 Å². The van der Waals surface area contributed by atoms with Crippen LogP contribution in [-0.4, -0.2) is 0 Å². The van der Waals surface area contributed by atoms with Gasteiger partial charge in [0.05, 0.1) is 12.0 Å². The number of hydrogen-bond donors (Lipinski definition) is 0. The van der Waals surface area contributed by atoms with Gasteiger partial charge in [-0.15, -0.1) is 0 Å². The third kappa shape index (κ3) is 2.51. The topological polar surface area (TPSA) is 23.8 Å². The SMILES string of the molecule is CC(C#N)c1ccc(-c2ccc(F)cc2)cc1. The second-order valence-electron chi connectivity index (χ2n) is 3.98. The number of rotatable bonds is 2. The standard InChI is InChI=1S/C15H12FN/c1-11(10-17)12-2-4-13(5-3-12)14-6-8-15(16)9-7-14/h2-9,11H,1H3. The van der Waals surface area contributed by atoms with Crippen molar-refractivity contribution >= 4 is 0 Å². The van der Waals surface area contributed by atoms with E-state index < -0.39 is 0 Å². The van der Waals surface area contributed by atoms with Crippen LogP contribution in [0.1, 0.15) is 18.4 Å². The molecule has 84 valence electrons. The Morgan fingerprint density at radius 3 is 1.88 bits per heavy atom. The van der Waals surface area contributed by atoms with Gasteiger partial charge < -0.3 is 0 Å². The Labute approximate surface area is 100 Å². The van der Waals surface area contributed by atoms with Gasteiger partial charge in [0.15, 0.2) is 0 Å². The van der Waals surface area contributed by atoms with Crippen LogP contribution in [0.25, 0.3) is 11.1 Å². The quantitative estimate of drug-likeness (QED) is 0.754. The van der Waals surface area contributed by atoms with Gasteiger partial charge in [0.25, 0.3) is 0 Å². The monoisotopic (exact) mass is 225 g/mol. The first kappa shape index (κ1) is 11.3. The van der Waals surface area contributed by atoms with Crippen LogP contribution in [0, 0.1) is 17.1 Å². The maximum absolute atomic E-state index is 12.8. The van der Waals surface area contributed by atoms with Gasteiger partial charge in [-0.2, -0.15) is 5.26 Å². The Bertz CT molecular complexity index is 535. The number of nitriles is 1. The molecule has 0 aliphatic heterocycles. The molecule has 0 radical (unpaired) electrons. The highest BCUT2D eigenvalue weighted by Gasteiger charge is 2.04. The molecule has 0 aromatic heterocycles. The summed E-state index contributed by atoms with van der Waals surface area (Å²) in [5, 5.41) is 8.81. The summed E-state index contributed by atoms with van der Waals surface area (Å²) in [6, 6.07) is 16.4. The molecule has 0 aliphatic carbocycles. The summed E-state index contributed by atoms with van der Waals surface area (Å²) in [4.78, 5) is 0. The van der Waals surface area contributed by atoms with Gasteiger partial charge in [0.2, 0.25) is 0 Å². The molecule has 2 aromatic rings. The maximum Gasteiger partial charge on any atom is 0.123 e. The Morgan fingerprint density at radius 2 is 1.41 bits per heavy atom. The van der Waals surface area contributed by atoms with Crippen molar-refractivity contribution in [3.05, 3.63) is 59.9 Å². The van der Waals surface area contributed by atoms with Gasteiger partial charge >= 0.3 is 0 Å². The van der Waals surface area contributed by atoms with E-state index in [0.29, 0.717) is 0 Å². The van der Waals surface area contributed by atoms with E-state index in [1.54, 1.807) is 12.1 Å². The minimum Gasteiger partial charge on any atom is -0.207 e. The molecule has 2 heteroatoms.